The van der Waals surface area contributed by atoms with Gasteiger partial charge in [-0.05, 0) is 11.6 Å². The van der Waals surface area contributed by atoms with Crippen LogP contribution in [0.3, 0.4) is 0 Å². The standard InChI is InChI=1S/C13H10N4O2/c14-8-10-6-7-15-13(16-10)17-11(12(18)19)9-4-2-1-3-5-9/h1-7,11H,(H,18,19)(H,15,16,17). The van der Waals surface area contributed by atoms with Gasteiger partial charge in [0.2, 0.25) is 5.95 Å². The van der Waals surface area contributed by atoms with Gasteiger partial charge in [0.05, 0.1) is 0 Å². The predicted octanol–water partition coefficient (Wildman–Crippen LogP) is 1.59. The number of hydrogen-bond acceptors (Lipinski definition) is 5. The van der Waals surface area contributed by atoms with Crippen molar-refractivity contribution in [3.05, 3.63) is 53.9 Å². The summed E-state index contributed by atoms with van der Waals surface area (Å²) in [6.45, 7) is 0. The van der Waals surface area contributed by atoms with Gasteiger partial charge in [0.1, 0.15) is 11.8 Å². The smallest absolute Gasteiger partial charge is 0.330 e. The largest absolute Gasteiger partial charge is 0.479 e. The molecule has 0 fully saturated rings. The van der Waals surface area contributed by atoms with Crippen LogP contribution in [-0.2, 0) is 4.79 Å². The first-order valence-electron chi connectivity index (χ1n) is 5.48. The number of anilines is 1. The molecule has 1 aromatic carbocycles. The van der Waals surface area contributed by atoms with Crippen molar-refractivity contribution in [3.8, 4) is 6.07 Å². The minimum absolute atomic E-state index is 0.107. The molecule has 0 amide bonds. The number of rotatable bonds is 4. The Morgan fingerprint density at radius 1 is 1.32 bits per heavy atom. The number of nitrogens with zero attached hydrogens (tertiary/aromatic N) is 3. The van der Waals surface area contributed by atoms with Crippen molar-refractivity contribution in [3.63, 3.8) is 0 Å². The molecule has 1 atom stereocenters. The van der Waals surface area contributed by atoms with Gasteiger partial charge in [-0.3, -0.25) is 0 Å². The van der Waals surface area contributed by atoms with Gasteiger partial charge in [0.15, 0.2) is 6.04 Å². The zero-order valence-corrected chi connectivity index (χ0v) is 9.82. The molecule has 1 aromatic heterocycles. The lowest BCUT2D eigenvalue weighted by Gasteiger charge is -2.14. The fourth-order valence-corrected chi connectivity index (χ4v) is 1.55. The maximum Gasteiger partial charge on any atom is 0.330 e. The average molecular weight is 254 g/mol. The molecular weight excluding hydrogens is 244 g/mol. The van der Waals surface area contributed by atoms with Crippen molar-refractivity contribution < 1.29 is 9.90 Å². The summed E-state index contributed by atoms with van der Waals surface area (Å²) >= 11 is 0. The van der Waals surface area contributed by atoms with Gasteiger partial charge >= 0.3 is 5.97 Å². The van der Waals surface area contributed by atoms with Crippen molar-refractivity contribution in [1.82, 2.24) is 9.97 Å². The van der Waals surface area contributed by atoms with E-state index >= 15 is 0 Å². The summed E-state index contributed by atoms with van der Waals surface area (Å²) in [6, 6.07) is 11.0. The van der Waals surface area contributed by atoms with E-state index in [0.29, 0.717) is 5.56 Å². The number of carbonyl (C=O) groups is 1. The van der Waals surface area contributed by atoms with Crippen molar-refractivity contribution in [1.29, 1.82) is 5.26 Å². The van der Waals surface area contributed by atoms with E-state index in [2.05, 4.69) is 15.3 Å². The molecule has 0 bridgehead atoms. The zero-order valence-electron chi connectivity index (χ0n) is 9.82. The van der Waals surface area contributed by atoms with Crippen LogP contribution in [0.2, 0.25) is 0 Å². The highest BCUT2D eigenvalue weighted by Crippen LogP contribution is 2.17. The van der Waals surface area contributed by atoms with Crippen LogP contribution in [0, 0.1) is 11.3 Å². The highest BCUT2D eigenvalue weighted by molar-refractivity contribution is 5.78. The van der Waals surface area contributed by atoms with Crippen LogP contribution in [0.15, 0.2) is 42.6 Å². The second kappa shape index (κ2) is 5.60. The molecule has 6 heteroatoms. The fraction of sp³-hybridized carbons (Fsp3) is 0.0769. The van der Waals surface area contributed by atoms with Gasteiger partial charge in [0, 0.05) is 6.20 Å². The Morgan fingerprint density at radius 3 is 2.68 bits per heavy atom. The van der Waals surface area contributed by atoms with Gasteiger partial charge in [-0.1, -0.05) is 30.3 Å². The molecule has 0 aliphatic rings. The first-order valence-corrected chi connectivity index (χ1v) is 5.48. The third-order valence-electron chi connectivity index (χ3n) is 2.42. The maximum atomic E-state index is 11.3. The van der Waals surface area contributed by atoms with Crippen LogP contribution < -0.4 is 5.32 Å². The Kier molecular flexibility index (Phi) is 3.69. The van der Waals surface area contributed by atoms with Crippen molar-refractivity contribution >= 4 is 11.9 Å². The molecule has 0 saturated carbocycles. The number of nitrogens with one attached hydrogen (secondary N) is 1. The maximum absolute atomic E-state index is 11.3. The Bertz CT molecular complexity index is 622. The molecule has 19 heavy (non-hydrogen) atoms. The van der Waals surface area contributed by atoms with Gasteiger partial charge < -0.3 is 10.4 Å². The summed E-state index contributed by atoms with van der Waals surface area (Å²) in [5, 5.41) is 20.7. The molecule has 0 spiro atoms. The van der Waals surface area contributed by atoms with Crippen LogP contribution >= 0.6 is 0 Å². The highest BCUT2D eigenvalue weighted by atomic mass is 16.4. The lowest BCUT2D eigenvalue weighted by Crippen LogP contribution is -2.21. The van der Waals surface area contributed by atoms with E-state index in [1.807, 2.05) is 6.07 Å². The van der Waals surface area contributed by atoms with Crippen molar-refractivity contribution in [2.45, 2.75) is 6.04 Å². The molecule has 0 saturated heterocycles. The third-order valence-corrected chi connectivity index (χ3v) is 2.42. The van der Waals surface area contributed by atoms with Gasteiger partial charge in [-0.25, -0.2) is 14.8 Å². The third kappa shape index (κ3) is 3.04. The van der Waals surface area contributed by atoms with E-state index in [1.165, 1.54) is 12.3 Å². The quantitative estimate of drug-likeness (QED) is 0.859. The molecular formula is C13H10N4O2. The van der Waals surface area contributed by atoms with Crippen LogP contribution in [0.1, 0.15) is 17.3 Å². The Hall–Kier alpha value is -2.94. The summed E-state index contributed by atoms with van der Waals surface area (Å²) in [4.78, 5) is 19.1. The molecule has 94 valence electrons. The monoisotopic (exact) mass is 254 g/mol. The van der Waals surface area contributed by atoms with E-state index in [-0.39, 0.29) is 11.6 Å². The van der Waals surface area contributed by atoms with E-state index in [9.17, 15) is 9.90 Å². The second-order valence-electron chi connectivity index (χ2n) is 3.70. The molecule has 0 aliphatic carbocycles. The molecule has 1 unspecified atom stereocenters. The molecule has 6 nitrogen and oxygen atoms in total. The number of hydrogen-bond donors (Lipinski definition) is 2. The summed E-state index contributed by atoms with van der Waals surface area (Å²) in [7, 11) is 0. The summed E-state index contributed by atoms with van der Waals surface area (Å²) in [6.07, 6.45) is 1.40. The predicted molar refractivity (Wildman–Crippen MR) is 67.2 cm³/mol. The molecule has 2 N–H and O–H groups in total. The minimum Gasteiger partial charge on any atom is -0.479 e. The first-order chi connectivity index (χ1) is 9.20. The van der Waals surface area contributed by atoms with Gasteiger partial charge in [0.25, 0.3) is 0 Å². The minimum atomic E-state index is -1.04. The Morgan fingerprint density at radius 2 is 2.05 bits per heavy atom. The number of aliphatic carboxylic acids is 1. The van der Waals surface area contributed by atoms with E-state index in [0.717, 1.165) is 0 Å². The number of benzene rings is 1. The highest BCUT2D eigenvalue weighted by Gasteiger charge is 2.20. The van der Waals surface area contributed by atoms with Crippen molar-refractivity contribution in [2.24, 2.45) is 0 Å². The number of aromatic nitrogens is 2. The topological polar surface area (TPSA) is 98.9 Å². The molecule has 2 rings (SSSR count). The lowest BCUT2D eigenvalue weighted by molar-refractivity contribution is -0.138. The van der Waals surface area contributed by atoms with Crippen LogP contribution in [0.4, 0.5) is 5.95 Å². The van der Waals surface area contributed by atoms with Crippen LogP contribution in [-0.4, -0.2) is 21.0 Å². The number of nitriles is 1. The number of carboxylic acids is 1. The number of carboxylic acid groups (broad SMARTS) is 1. The molecule has 1 heterocycles. The van der Waals surface area contributed by atoms with E-state index in [1.54, 1.807) is 30.3 Å². The first kappa shape index (κ1) is 12.5. The Labute approximate surface area is 109 Å². The van der Waals surface area contributed by atoms with E-state index in [4.69, 9.17) is 5.26 Å². The normalized spacial score (nSPS) is 11.3. The van der Waals surface area contributed by atoms with E-state index < -0.39 is 12.0 Å². The summed E-state index contributed by atoms with van der Waals surface area (Å²) in [5.74, 6) is -0.938. The fourth-order valence-electron chi connectivity index (χ4n) is 1.55. The second-order valence-corrected chi connectivity index (χ2v) is 3.70. The molecule has 2 aromatic rings. The van der Waals surface area contributed by atoms with Crippen LogP contribution in [0.25, 0.3) is 0 Å². The average Bonchev–Trinajstić information content (AvgIpc) is 2.45. The molecule has 0 radical (unpaired) electrons. The summed E-state index contributed by atoms with van der Waals surface area (Å²) < 4.78 is 0. The lowest BCUT2D eigenvalue weighted by atomic mass is 10.1. The van der Waals surface area contributed by atoms with Gasteiger partial charge in [-0.2, -0.15) is 5.26 Å². The van der Waals surface area contributed by atoms with Gasteiger partial charge in [-0.15, -0.1) is 0 Å². The van der Waals surface area contributed by atoms with Crippen LogP contribution in [0.5, 0.6) is 0 Å². The Balaban J connectivity index is 2.27. The summed E-state index contributed by atoms with van der Waals surface area (Å²) in [5.41, 5.74) is 0.760. The SMILES string of the molecule is N#Cc1ccnc(NC(C(=O)O)c2ccccc2)n1. The molecule has 0 aliphatic heterocycles. The zero-order chi connectivity index (χ0) is 13.7. The van der Waals surface area contributed by atoms with Crippen molar-refractivity contribution in [2.75, 3.05) is 5.32 Å².